The van der Waals surface area contributed by atoms with Crippen LogP contribution < -0.4 is 10.3 Å². The monoisotopic (exact) mass is 267 g/mol. The molecular formula is C7H8F3N5OS. The zero-order chi connectivity index (χ0) is 13.1. The summed E-state index contributed by atoms with van der Waals surface area (Å²) in [6.07, 6.45) is -3.33. The average Bonchev–Trinajstić information content (AvgIpc) is 2.73. The Hall–Kier alpha value is -1.71. The normalized spacial score (nSPS) is 11.8. The second kappa shape index (κ2) is 5.08. The van der Waals surface area contributed by atoms with Gasteiger partial charge in [-0.15, -0.1) is 10.2 Å². The Kier molecular flexibility index (Phi) is 3.99. The second-order valence-corrected chi connectivity index (χ2v) is 3.58. The second-order valence-electron chi connectivity index (χ2n) is 2.63. The van der Waals surface area contributed by atoms with E-state index in [4.69, 9.17) is 0 Å². The van der Waals surface area contributed by atoms with Crippen molar-refractivity contribution in [1.82, 2.24) is 15.5 Å². The molecule has 2 amide bonds. The van der Waals surface area contributed by atoms with Crippen LogP contribution in [0, 0.1) is 0 Å². The summed E-state index contributed by atoms with van der Waals surface area (Å²) in [7, 11) is 1.33. The van der Waals surface area contributed by atoms with Crippen LogP contribution in [0.15, 0.2) is 5.10 Å². The van der Waals surface area contributed by atoms with Crippen LogP contribution in [-0.2, 0) is 6.18 Å². The van der Waals surface area contributed by atoms with E-state index in [1.54, 1.807) is 0 Å². The maximum Gasteiger partial charge on any atom is 0.445 e. The van der Waals surface area contributed by atoms with E-state index in [-0.39, 0.29) is 16.5 Å². The zero-order valence-electron chi connectivity index (χ0n) is 8.82. The van der Waals surface area contributed by atoms with Gasteiger partial charge in [0, 0.05) is 13.3 Å². The minimum Gasteiger partial charge on any atom is -0.339 e. The summed E-state index contributed by atoms with van der Waals surface area (Å²) in [4.78, 5) is 11.3. The molecule has 17 heavy (non-hydrogen) atoms. The molecule has 10 heteroatoms. The Balaban J connectivity index is 3.04. The van der Waals surface area contributed by atoms with Gasteiger partial charge in [0.15, 0.2) is 0 Å². The summed E-state index contributed by atoms with van der Waals surface area (Å²) in [5.74, 6) is 0. The molecule has 1 rings (SSSR count). The summed E-state index contributed by atoms with van der Waals surface area (Å²) in [6.45, 7) is 1.52. The zero-order valence-corrected chi connectivity index (χ0v) is 9.63. The number of halogens is 3. The van der Waals surface area contributed by atoms with Crippen LogP contribution in [-0.4, -0.2) is 29.5 Å². The molecule has 0 bridgehead atoms. The Morgan fingerprint density at radius 2 is 2.18 bits per heavy atom. The number of nitrogens with one attached hydrogen (secondary N) is 1. The van der Waals surface area contributed by atoms with Crippen LogP contribution in [0.3, 0.4) is 0 Å². The van der Waals surface area contributed by atoms with Gasteiger partial charge in [-0.2, -0.15) is 23.3 Å². The molecule has 0 aliphatic rings. The van der Waals surface area contributed by atoms with Gasteiger partial charge >= 0.3 is 12.2 Å². The van der Waals surface area contributed by atoms with Gasteiger partial charge in [0.25, 0.3) is 0 Å². The Morgan fingerprint density at radius 3 is 2.59 bits per heavy atom. The molecule has 0 unspecified atom stereocenters. The number of carbonyl (C=O) groups excluding carboxylic acids is 1. The van der Waals surface area contributed by atoms with Crippen LogP contribution >= 0.6 is 11.3 Å². The van der Waals surface area contributed by atoms with Crippen molar-refractivity contribution in [3.8, 4) is 0 Å². The van der Waals surface area contributed by atoms with E-state index < -0.39 is 17.2 Å². The molecule has 1 aromatic heterocycles. The van der Waals surface area contributed by atoms with Gasteiger partial charge in [-0.25, -0.2) is 4.79 Å². The minimum absolute atomic E-state index is 0.236. The number of hydrazone groups is 1. The van der Waals surface area contributed by atoms with Crippen molar-refractivity contribution in [3.05, 3.63) is 5.01 Å². The first-order valence-electron chi connectivity index (χ1n) is 4.31. The lowest BCUT2D eigenvalue weighted by atomic mass is 10.7. The van der Waals surface area contributed by atoms with E-state index in [1.807, 2.05) is 0 Å². The van der Waals surface area contributed by atoms with Gasteiger partial charge in [-0.05, 0) is 6.92 Å². The smallest absolute Gasteiger partial charge is 0.339 e. The largest absolute Gasteiger partial charge is 0.445 e. The van der Waals surface area contributed by atoms with E-state index in [0.717, 1.165) is 0 Å². The van der Waals surface area contributed by atoms with Crippen LogP contribution in [0.5, 0.6) is 0 Å². The minimum atomic E-state index is -4.58. The molecule has 0 radical (unpaired) electrons. The average molecular weight is 267 g/mol. The SMILES string of the molecule is C/C=N\N(C(=O)NC)c1nnc(C(F)(F)F)s1. The van der Waals surface area contributed by atoms with Crippen LogP contribution in [0.2, 0.25) is 0 Å². The van der Waals surface area contributed by atoms with Crippen LogP contribution in [0.25, 0.3) is 0 Å². The third kappa shape index (κ3) is 3.12. The standard InChI is InChI=1S/C7H8F3N5OS/c1-3-12-15(5(16)11-2)6-14-13-4(17-6)7(8,9)10/h3H,1-2H3,(H,11,16)/b12-3-. The van der Waals surface area contributed by atoms with Crippen molar-refractivity contribution < 1.29 is 18.0 Å². The van der Waals surface area contributed by atoms with Gasteiger partial charge in [0.05, 0.1) is 0 Å². The van der Waals surface area contributed by atoms with Crippen LogP contribution in [0.1, 0.15) is 11.9 Å². The molecule has 1 heterocycles. The lowest BCUT2D eigenvalue weighted by Gasteiger charge is -2.11. The van der Waals surface area contributed by atoms with Crippen molar-refractivity contribution in [2.24, 2.45) is 5.10 Å². The third-order valence-electron chi connectivity index (χ3n) is 1.48. The molecule has 0 fully saturated rings. The molecular weight excluding hydrogens is 259 g/mol. The molecule has 0 spiro atoms. The topological polar surface area (TPSA) is 70.5 Å². The maximum absolute atomic E-state index is 12.3. The van der Waals surface area contributed by atoms with Gasteiger partial charge in [0.1, 0.15) is 0 Å². The number of anilines is 1. The van der Waals surface area contributed by atoms with Crippen molar-refractivity contribution in [1.29, 1.82) is 0 Å². The first kappa shape index (κ1) is 13.4. The number of alkyl halides is 3. The summed E-state index contributed by atoms with van der Waals surface area (Å²) < 4.78 is 36.9. The van der Waals surface area contributed by atoms with Gasteiger partial charge in [-0.3, -0.25) is 0 Å². The quantitative estimate of drug-likeness (QED) is 0.655. The van der Waals surface area contributed by atoms with Crippen LogP contribution in [0.4, 0.5) is 23.1 Å². The fourth-order valence-corrected chi connectivity index (χ4v) is 1.49. The fraction of sp³-hybridized carbons (Fsp3) is 0.429. The van der Waals surface area contributed by atoms with Gasteiger partial charge in [-0.1, -0.05) is 11.3 Å². The van der Waals surface area contributed by atoms with E-state index in [1.165, 1.54) is 20.2 Å². The first-order valence-corrected chi connectivity index (χ1v) is 5.13. The van der Waals surface area contributed by atoms with E-state index >= 15 is 0 Å². The predicted molar refractivity (Wildman–Crippen MR) is 56.0 cm³/mol. The summed E-state index contributed by atoms with van der Waals surface area (Å²) in [5.41, 5.74) is 0. The van der Waals surface area contributed by atoms with Gasteiger partial charge < -0.3 is 5.32 Å². The molecule has 0 aromatic carbocycles. The lowest BCUT2D eigenvalue weighted by molar-refractivity contribution is -0.138. The molecule has 1 N–H and O–H groups in total. The van der Waals surface area contributed by atoms with Crippen molar-refractivity contribution >= 4 is 28.7 Å². The van der Waals surface area contributed by atoms with E-state index in [2.05, 4.69) is 20.6 Å². The maximum atomic E-state index is 12.3. The number of hydrogen-bond donors (Lipinski definition) is 1. The lowest BCUT2D eigenvalue weighted by Crippen LogP contribution is -2.34. The number of amides is 2. The molecule has 0 aliphatic carbocycles. The van der Waals surface area contributed by atoms with E-state index in [0.29, 0.717) is 5.01 Å². The molecule has 6 nitrogen and oxygen atoms in total. The number of carbonyl (C=O) groups is 1. The number of nitrogens with zero attached hydrogens (tertiary/aromatic N) is 4. The highest BCUT2D eigenvalue weighted by atomic mass is 32.1. The molecule has 94 valence electrons. The predicted octanol–water partition coefficient (Wildman–Crippen LogP) is 1.71. The highest BCUT2D eigenvalue weighted by Crippen LogP contribution is 2.34. The molecule has 0 aliphatic heterocycles. The highest BCUT2D eigenvalue weighted by molar-refractivity contribution is 7.15. The summed E-state index contributed by atoms with van der Waals surface area (Å²) >= 11 is 0.236. The number of urea groups is 1. The molecule has 0 saturated carbocycles. The Morgan fingerprint density at radius 1 is 1.53 bits per heavy atom. The number of aromatic nitrogens is 2. The summed E-state index contributed by atoms with van der Waals surface area (Å²) in [6, 6.07) is -0.701. The highest BCUT2D eigenvalue weighted by Gasteiger charge is 2.36. The van der Waals surface area contributed by atoms with E-state index in [9.17, 15) is 18.0 Å². The van der Waals surface area contributed by atoms with Crippen molar-refractivity contribution in [2.75, 3.05) is 12.1 Å². The molecule has 0 atom stereocenters. The number of rotatable bonds is 2. The number of hydrogen-bond acceptors (Lipinski definition) is 5. The summed E-state index contributed by atoms with van der Waals surface area (Å²) in [5, 5.41) is 11.4. The third-order valence-corrected chi connectivity index (χ3v) is 2.42. The fourth-order valence-electron chi connectivity index (χ4n) is 0.826. The first-order chi connectivity index (χ1) is 7.90. The van der Waals surface area contributed by atoms with Crippen molar-refractivity contribution in [2.45, 2.75) is 13.1 Å². The molecule has 0 saturated heterocycles. The van der Waals surface area contributed by atoms with Gasteiger partial charge in [0.2, 0.25) is 10.1 Å². The Bertz CT molecular complexity index is 429. The Labute approximate surface area is 98.1 Å². The van der Waals surface area contributed by atoms with Crippen molar-refractivity contribution in [3.63, 3.8) is 0 Å². The molecule has 1 aromatic rings.